The van der Waals surface area contributed by atoms with E-state index in [1.165, 1.54) is 31.6 Å². The molecule has 3 aromatic rings. The topological polar surface area (TPSA) is 71.8 Å². The van der Waals surface area contributed by atoms with Crippen molar-refractivity contribution in [2.24, 2.45) is 18.9 Å². The molecule has 7 heteroatoms. The van der Waals surface area contributed by atoms with Crippen LogP contribution in [0.2, 0.25) is 0 Å². The number of nitrogens with zero attached hydrogens (tertiary/aromatic N) is 6. The molecule has 1 saturated heterocycles. The van der Waals surface area contributed by atoms with Crippen LogP contribution in [0.5, 0.6) is 0 Å². The highest BCUT2D eigenvalue weighted by molar-refractivity contribution is 5.61. The standard InChI is InChI=1S/C22H27N7/c1-15-20(14-28(2)27-15)21-6-7-22(26-25-21)24-19-9-16-11-29(12-17(16)10-19)13-18-5-3-4-8-23-18/h3-8,14,16-17,19H,9-13H2,1-2H3,(H,24,26)/t16-,17+,19-. The van der Waals surface area contributed by atoms with Crippen LogP contribution < -0.4 is 5.32 Å². The summed E-state index contributed by atoms with van der Waals surface area (Å²) in [6, 6.07) is 10.7. The molecule has 2 aliphatic rings. The summed E-state index contributed by atoms with van der Waals surface area (Å²) in [7, 11) is 1.92. The summed E-state index contributed by atoms with van der Waals surface area (Å²) in [6.45, 7) is 5.30. The summed E-state index contributed by atoms with van der Waals surface area (Å²) < 4.78 is 1.81. The van der Waals surface area contributed by atoms with E-state index in [9.17, 15) is 0 Å². The Hall–Kier alpha value is -2.80. The first-order valence-corrected chi connectivity index (χ1v) is 10.4. The van der Waals surface area contributed by atoms with Crippen molar-refractivity contribution in [1.82, 2.24) is 29.9 Å². The molecule has 0 aromatic carbocycles. The van der Waals surface area contributed by atoms with E-state index in [-0.39, 0.29) is 0 Å². The molecule has 3 aromatic heterocycles. The number of rotatable bonds is 5. The quantitative estimate of drug-likeness (QED) is 0.723. The normalized spacial score (nSPS) is 24.0. The molecule has 1 aliphatic heterocycles. The van der Waals surface area contributed by atoms with Gasteiger partial charge in [-0.25, -0.2) is 0 Å². The van der Waals surface area contributed by atoms with Crippen molar-refractivity contribution in [1.29, 1.82) is 0 Å². The third kappa shape index (κ3) is 3.87. The van der Waals surface area contributed by atoms with Crippen LogP contribution in [-0.2, 0) is 13.6 Å². The molecular formula is C22H27N7. The Morgan fingerprint density at radius 2 is 1.90 bits per heavy atom. The van der Waals surface area contributed by atoms with Gasteiger partial charge in [-0.1, -0.05) is 6.07 Å². The summed E-state index contributed by atoms with van der Waals surface area (Å²) in [4.78, 5) is 7.02. The molecule has 2 fully saturated rings. The third-order valence-corrected chi connectivity index (χ3v) is 6.24. The predicted octanol–water partition coefficient (Wildman–Crippen LogP) is 2.90. The number of likely N-dealkylation sites (tertiary alicyclic amines) is 1. The second kappa shape index (κ2) is 7.55. The second-order valence-corrected chi connectivity index (χ2v) is 8.45. The Balaban J connectivity index is 1.16. The van der Waals surface area contributed by atoms with E-state index in [4.69, 9.17) is 0 Å². The van der Waals surface area contributed by atoms with E-state index in [0.29, 0.717) is 6.04 Å². The average Bonchev–Trinajstić information content (AvgIpc) is 3.36. The number of nitrogens with one attached hydrogen (secondary N) is 1. The number of aromatic nitrogens is 5. The summed E-state index contributed by atoms with van der Waals surface area (Å²) in [6.07, 6.45) is 6.28. The zero-order valence-corrected chi connectivity index (χ0v) is 17.0. The van der Waals surface area contributed by atoms with Gasteiger partial charge in [0.2, 0.25) is 0 Å². The summed E-state index contributed by atoms with van der Waals surface area (Å²) in [5.74, 6) is 2.40. The van der Waals surface area contributed by atoms with Crippen molar-refractivity contribution in [3.05, 3.63) is 54.1 Å². The summed E-state index contributed by atoms with van der Waals surface area (Å²) >= 11 is 0. The molecule has 0 bridgehead atoms. The highest BCUT2D eigenvalue weighted by Gasteiger charge is 2.40. The first-order chi connectivity index (χ1) is 14.1. The van der Waals surface area contributed by atoms with Crippen LogP contribution >= 0.6 is 0 Å². The predicted molar refractivity (Wildman–Crippen MR) is 112 cm³/mol. The molecule has 29 heavy (non-hydrogen) atoms. The fraction of sp³-hybridized carbons (Fsp3) is 0.455. The van der Waals surface area contributed by atoms with Gasteiger partial charge < -0.3 is 5.32 Å². The van der Waals surface area contributed by atoms with Gasteiger partial charge in [-0.15, -0.1) is 10.2 Å². The largest absolute Gasteiger partial charge is 0.366 e. The molecule has 1 aliphatic carbocycles. The Morgan fingerprint density at radius 3 is 2.52 bits per heavy atom. The average molecular weight is 390 g/mol. The first-order valence-electron chi connectivity index (χ1n) is 10.4. The lowest BCUT2D eigenvalue weighted by atomic mass is 10.0. The van der Waals surface area contributed by atoms with Gasteiger partial charge in [0.1, 0.15) is 5.82 Å². The van der Waals surface area contributed by atoms with E-state index in [2.05, 4.69) is 42.6 Å². The second-order valence-electron chi connectivity index (χ2n) is 8.45. The van der Waals surface area contributed by atoms with Crippen LogP contribution in [0.25, 0.3) is 11.3 Å². The van der Waals surface area contributed by atoms with E-state index in [1.54, 1.807) is 0 Å². The number of hydrogen-bond donors (Lipinski definition) is 1. The van der Waals surface area contributed by atoms with Crippen molar-refractivity contribution in [2.45, 2.75) is 32.4 Å². The lowest BCUT2D eigenvalue weighted by Gasteiger charge is -2.19. The number of anilines is 1. The van der Waals surface area contributed by atoms with Crippen LogP contribution in [0, 0.1) is 18.8 Å². The number of fused-ring (bicyclic) bond motifs is 1. The SMILES string of the molecule is Cc1nn(C)cc1-c1ccc(N[C@@H]2C[C@@H]3CN(Cc4ccccn4)C[C@@H]3C2)nn1. The van der Waals surface area contributed by atoms with E-state index in [1.807, 2.05) is 49.2 Å². The minimum absolute atomic E-state index is 0.488. The maximum atomic E-state index is 4.47. The molecular weight excluding hydrogens is 362 g/mol. The Kier molecular flexibility index (Phi) is 4.75. The van der Waals surface area contributed by atoms with Crippen LogP contribution in [0.15, 0.2) is 42.7 Å². The zero-order chi connectivity index (χ0) is 19.8. The van der Waals surface area contributed by atoms with Gasteiger partial charge in [0, 0.05) is 50.7 Å². The fourth-order valence-electron chi connectivity index (χ4n) is 4.98. The third-order valence-electron chi connectivity index (χ3n) is 6.24. The zero-order valence-electron chi connectivity index (χ0n) is 17.0. The summed E-state index contributed by atoms with van der Waals surface area (Å²) in [5, 5.41) is 16.8. The van der Waals surface area contributed by atoms with E-state index in [0.717, 1.165) is 41.1 Å². The van der Waals surface area contributed by atoms with Crippen molar-refractivity contribution in [2.75, 3.05) is 18.4 Å². The molecule has 0 unspecified atom stereocenters. The van der Waals surface area contributed by atoms with Crippen molar-refractivity contribution in [3.63, 3.8) is 0 Å². The first kappa shape index (κ1) is 18.2. The monoisotopic (exact) mass is 389 g/mol. The lowest BCUT2D eigenvalue weighted by molar-refractivity contribution is 0.297. The minimum Gasteiger partial charge on any atom is -0.366 e. The van der Waals surface area contributed by atoms with Crippen LogP contribution in [0.4, 0.5) is 5.82 Å². The highest BCUT2D eigenvalue weighted by atomic mass is 15.3. The van der Waals surface area contributed by atoms with E-state index < -0.39 is 0 Å². The molecule has 3 atom stereocenters. The minimum atomic E-state index is 0.488. The van der Waals surface area contributed by atoms with Gasteiger partial charge in [-0.05, 0) is 55.9 Å². The Morgan fingerprint density at radius 1 is 1.07 bits per heavy atom. The number of pyridine rings is 1. The maximum Gasteiger partial charge on any atom is 0.148 e. The molecule has 1 N–H and O–H groups in total. The van der Waals surface area contributed by atoms with Crippen molar-refractivity contribution < 1.29 is 0 Å². The van der Waals surface area contributed by atoms with Crippen LogP contribution in [0.3, 0.4) is 0 Å². The molecule has 7 nitrogen and oxygen atoms in total. The highest BCUT2D eigenvalue weighted by Crippen LogP contribution is 2.39. The molecule has 0 spiro atoms. The Bertz CT molecular complexity index is 953. The Labute approximate surface area is 171 Å². The van der Waals surface area contributed by atoms with Crippen molar-refractivity contribution >= 4 is 5.82 Å². The number of aryl methyl sites for hydroxylation is 2. The smallest absolute Gasteiger partial charge is 0.148 e. The molecule has 4 heterocycles. The molecule has 0 amide bonds. The van der Waals surface area contributed by atoms with Crippen molar-refractivity contribution in [3.8, 4) is 11.3 Å². The molecule has 150 valence electrons. The molecule has 5 rings (SSSR count). The molecule has 1 saturated carbocycles. The number of hydrogen-bond acceptors (Lipinski definition) is 6. The van der Waals surface area contributed by atoms with Gasteiger partial charge in [0.15, 0.2) is 0 Å². The van der Waals surface area contributed by atoms with Gasteiger partial charge >= 0.3 is 0 Å². The summed E-state index contributed by atoms with van der Waals surface area (Å²) in [5.41, 5.74) is 4.05. The maximum absolute atomic E-state index is 4.47. The van der Waals surface area contributed by atoms with E-state index >= 15 is 0 Å². The van der Waals surface area contributed by atoms with Gasteiger partial charge in [0.05, 0.1) is 17.1 Å². The fourth-order valence-corrected chi connectivity index (χ4v) is 4.98. The van der Waals surface area contributed by atoms with Gasteiger partial charge in [0.25, 0.3) is 0 Å². The van der Waals surface area contributed by atoms with Gasteiger partial charge in [-0.3, -0.25) is 14.6 Å². The van der Waals surface area contributed by atoms with Crippen LogP contribution in [-0.4, -0.2) is 49.0 Å². The van der Waals surface area contributed by atoms with Crippen LogP contribution in [0.1, 0.15) is 24.2 Å². The molecule has 0 radical (unpaired) electrons. The van der Waals surface area contributed by atoms with Gasteiger partial charge in [-0.2, -0.15) is 5.10 Å². The lowest BCUT2D eigenvalue weighted by Crippen LogP contribution is -2.25.